The van der Waals surface area contributed by atoms with Gasteiger partial charge in [0.25, 0.3) is 5.91 Å². The van der Waals surface area contributed by atoms with Crippen LogP contribution in [-0.2, 0) is 11.3 Å². The predicted molar refractivity (Wildman–Crippen MR) is 119 cm³/mol. The van der Waals surface area contributed by atoms with E-state index in [-0.39, 0.29) is 18.1 Å². The third-order valence-corrected chi connectivity index (χ3v) is 5.67. The Hall–Kier alpha value is -3.57. The average molecular weight is 423 g/mol. The van der Waals surface area contributed by atoms with Crippen molar-refractivity contribution in [3.05, 3.63) is 35.5 Å². The first-order valence-corrected chi connectivity index (χ1v) is 10.1. The Morgan fingerprint density at radius 3 is 2.84 bits per heavy atom. The van der Waals surface area contributed by atoms with Crippen LogP contribution in [-0.4, -0.2) is 46.7 Å². The van der Waals surface area contributed by atoms with E-state index in [0.717, 1.165) is 22.6 Å². The molecule has 0 unspecified atom stereocenters. The summed E-state index contributed by atoms with van der Waals surface area (Å²) >= 11 is 0. The van der Waals surface area contributed by atoms with Crippen LogP contribution in [0.25, 0.3) is 5.65 Å². The molecular formula is C20H25N9O2. The number of carbonyl (C=O) groups excluding carboxylic acids is 1. The van der Waals surface area contributed by atoms with Crippen molar-refractivity contribution in [2.75, 3.05) is 35.2 Å². The first-order chi connectivity index (χ1) is 14.9. The topological polar surface area (TPSA) is 120 Å². The van der Waals surface area contributed by atoms with Crippen molar-refractivity contribution in [2.24, 2.45) is 0 Å². The van der Waals surface area contributed by atoms with Crippen LogP contribution < -0.4 is 31.9 Å². The predicted octanol–water partition coefficient (Wildman–Crippen LogP) is 1.83. The van der Waals surface area contributed by atoms with E-state index in [2.05, 4.69) is 32.0 Å². The second-order valence-corrected chi connectivity index (χ2v) is 7.81. The third-order valence-electron chi connectivity index (χ3n) is 5.67. The molecule has 4 heterocycles. The van der Waals surface area contributed by atoms with Gasteiger partial charge >= 0.3 is 0 Å². The molecule has 0 spiro atoms. The van der Waals surface area contributed by atoms with Gasteiger partial charge in [-0.1, -0.05) is 0 Å². The number of nitrogens with zero attached hydrogens (tertiary/aromatic N) is 4. The summed E-state index contributed by atoms with van der Waals surface area (Å²) in [4.78, 5) is 17.7. The van der Waals surface area contributed by atoms with Crippen molar-refractivity contribution in [1.82, 2.24) is 25.4 Å². The maximum atomic E-state index is 13.0. The van der Waals surface area contributed by atoms with Gasteiger partial charge in [-0.2, -0.15) is 9.61 Å². The highest BCUT2D eigenvalue weighted by Crippen LogP contribution is 2.39. The maximum absolute atomic E-state index is 13.0. The van der Waals surface area contributed by atoms with Crippen LogP contribution in [0.5, 0.6) is 0 Å². The standard InChI is InChI=1S/C20H25N9O2/c1-10-11(2)31-9-12-5-14(18-15(6-12)26-27-28(18)4)24-16-7-17(21-3)29-19(25-16)13(8-22-29)20(30)23-10/h5-8,10-11,21,26-27H,9H2,1-4H3,(H,23,30)(H,24,25)/t10-,11+/m1/s1. The van der Waals surface area contributed by atoms with Crippen LogP contribution in [0, 0.1) is 0 Å². The molecule has 0 saturated heterocycles. The number of benzene rings is 1. The van der Waals surface area contributed by atoms with Crippen LogP contribution >= 0.6 is 0 Å². The van der Waals surface area contributed by atoms with Crippen molar-refractivity contribution in [3.8, 4) is 0 Å². The molecule has 5 rings (SSSR count). The van der Waals surface area contributed by atoms with Gasteiger partial charge in [-0.3, -0.25) is 9.80 Å². The number of rotatable bonds is 1. The van der Waals surface area contributed by atoms with E-state index < -0.39 is 0 Å². The number of hydrogen-bond donors (Lipinski definition) is 5. The van der Waals surface area contributed by atoms with Gasteiger partial charge in [-0.05, 0) is 31.5 Å². The van der Waals surface area contributed by atoms with E-state index in [1.54, 1.807) is 11.6 Å². The van der Waals surface area contributed by atoms with Crippen LogP contribution in [0.1, 0.15) is 29.8 Å². The minimum absolute atomic E-state index is 0.191. The summed E-state index contributed by atoms with van der Waals surface area (Å²) in [6, 6.07) is 5.75. The smallest absolute Gasteiger partial charge is 0.257 e. The summed E-state index contributed by atoms with van der Waals surface area (Å²) in [6.45, 7) is 4.28. The minimum atomic E-state index is -0.241. The number of aromatic nitrogens is 3. The largest absolute Gasteiger partial charge is 0.373 e. The van der Waals surface area contributed by atoms with E-state index in [4.69, 9.17) is 9.72 Å². The lowest BCUT2D eigenvalue weighted by Crippen LogP contribution is -2.41. The van der Waals surface area contributed by atoms with E-state index in [1.807, 2.05) is 44.1 Å². The highest BCUT2D eigenvalue weighted by molar-refractivity contribution is 6.00. The highest BCUT2D eigenvalue weighted by Gasteiger charge is 2.25. The second-order valence-electron chi connectivity index (χ2n) is 7.81. The summed E-state index contributed by atoms with van der Waals surface area (Å²) in [5.74, 6) is 1.06. The van der Waals surface area contributed by atoms with Gasteiger partial charge in [0.1, 0.15) is 22.9 Å². The molecule has 31 heavy (non-hydrogen) atoms. The number of carbonyl (C=O) groups is 1. The molecule has 1 aromatic carbocycles. The average Bonchev–Trinajstić information content (AvgIpc) is 3.34. The molecule has 4 bridgehead atoms. The Kier molecular flexibility index (Phi) is 4.56. The van der Waals surface area contributed by atoms with Crippen LogP contribution in [0.3, 0.4) is 0 Å². The van der Waals surface area contributed by atoms with E-state index in [1.165, 1.54) is 6.20 Å². The molecule has 0 aliphatic carbocycles. The van der Waals surface area contributed by atoms with E-state index in [0.29, 0.717) is 29.5 Å². The zero-order chi connectivity index (χ0) is 21.7. The SMILES string of the molecule is CNc1cc2nc3c(cnn13)C(=O)N[C@H](C)[C@H](C)OCc1cc3c(c(c1)N2)N(C)NN3. The summed E-state index contributed by atoms with van der Waals surface area (Å²) in [5, 5.41) is 15.8. The molecule has 0 radical (unpaired) electrons. The molecule has 2 aromatic heterocycles. The van der Waals surface area contributed by atoms with Gasteiger partial charge in [0, 0.05) is 20.2 Å². The van der Waals surface area contributed by atoms with Crippen LogP contribution in [0.2, 0.25) is 0 Å². The van der Waals surface area contributed by atoms with Gasteiger partial charge < -0.3 is 26.1 Å². The van der Waals surface area contributed by atoms with Gasteiger partial charge in [0.15, 0.2) is 5.65 Å². The van der Waals surface area contributed by atoms with Crippen molar-refractivity contribution in [1.29, 1.82) is 0 Å². The second kappa shape index (κ2) is 7.29. The van der Waals surface area contributed by atoms with Gasteiger partial charge in [0.2, 0.25) is 0 Å². The van der Waals surface area contributed by atoms with Gasteiger partial charge in [0.05, 0.1) is 36.3 Å². The summed E-state index contributed by atoms with van der Waals surface area (Å²) in [7, 11) is 3.73. The quantitative estimate of drug-likeness (QED) is 0.399. The highest BCUT2D eigenvalue weighted by atomic mass is 16.5. The van der Waals surface area contributed by atoms with Gasteiger partial charge in [-0.15, -0.1) is 5.53 Å². The van der Waals surface area contributed by atoms with Gasteiger partial charge in [-0.25, -0.2) is 4.98 Å². The Balaban J connectivity index is 1.70. The number of hydrogen-bond acceptors (Lipinski definition) is 9. The number of hydrazine groups is 2. The van der Waals surface area contributed by atoms with Crippen molar-refractivity contribution in [3.63, 3.8) is 0 Å². The number of nitrogens with one attached hydrogen (secondary N) is 5. The maximum Gasteiger partial charge on any atom is 0.257 e. The fourth-order valence-corrected chi connectivity index (χ4v) is 3.81. The third kappa shape index (κ3) is 3.27. The Morgan fingerprint density at radius 2 is 2.03 bits per heavy atom. The molecule has 2 aliphatic heterocycles. The lowest BCUT2D eigenvalue weighted by atomic mass is 10.1. The first-order valence-electron chi connectivity index (χ1n) is 10.1. The zero-order valence-electron chi connectivity index (χ0n) is 17.8. The normalized spacial score (nSPS) is 20.6. The van der Waals surface area contributed by atoms with E-state index in [9.17, 15) is 4.79 Å². The minimum Gasteiger partial charge on any atom is -0.373 e. The molecule has 0 saturated carbocycles. The molecule has 3 aromatic rings. The lowest BCUT2D eigenvalue weighted by molar-refractivity contribution is 0.0303. The zero-order valence-corrected chi connectivity index (χ0v) is 17.8. The number of fused-ring (bicyclic) bond motifs is 5. The molecule has 11 heteroatoms. The summed E-state index contributed by atoms with van der Waals surface area (Å²) in [5.41, 5.74) is 10.9. The lowest BCUT2D eigenvalue weighted by Gasteiger charge is -2.23. The molecule has 11 nitrogen and oxygen atoms in total. The monoisotopic (exact) mass is 423 g/mol. The molecule has 2 atom stereocenters. The fourth-order valence-electron chi connectivity index (χ4n) is 3.81. The number of ether oxygens (including phenoxy) is 1. The molecule has 5 N–H and O–H groups in total. The van der Waals surface area contributed by atoms with Crippen molar-refractivity contribution < 1.29 is 9.53 Å². The Labute approximate surface area is 179 Å². The summed E-state index contributed by atoms with van der Waals surface area (Å²) < 4.78 is 7.68. The molecule has 2 aliphatic rings. The molecule has 162 valence electrons. The molecule has 0 fully saturated rings. The van der Waals surface area contributed by atoms with Crippen LogP contribution in [0.4, 0.5) is 28.7 Å². The Bertz CT molecular complexity index is 1180. The first kappa shape index (κ1) is 19.4. The fraction of sp³-hybridized carbons (Fsp3) is 0.350. The number of anilines is 5. The van der Waals surface area contributed by atoms with E-state index >= 15 is 0 Å². The van der Waals surface area contributed by atoms with Crippen molar-refractivity contribution in [2.45, 2.75) is 32.6 Å². The summed E-state index contributed by atoms with van der Waals surface area (Å²) in [6.07, 6.45) is 1.34. The Morgan fingerprint density at radius 1 is 1.23 bits per heavy atom. The number of amides is 1. The van der Waals surface area contributed by atoms with Crippen LogP contribution in [0.15, 0.2) is 24.4 Å². The molecular weight excluding hydrogens is 398 g/mol. The van der Waals surface area contributed by atoms with Crippen molar-refractivity contribution >= 4 is 40.3 Å². The molecule has 1 amide bonds.